The molecule has 2 aromatic rings. The minimum Gasteiger partial charge on any atom is -0.484 e. The van der Waals surface area contributed by atoms with Crippen LogP contribution in [0.4, 0.5) is 0 Å². The van der Waals surface area contributed by atoms with Gasteiger partial charge in [0.25, 0.3) is 5.91 Å². The van der Waals surface area contributed by atoms with Gasteiger partial charge in [-0.2, -0.15) is 0 Å². The van der Waals surface area contributed by atoms with E-state index in [0.717, 1.165) is 12.8 Å². The summed E-state index contributed by atoms with van der Waals surface area (Å²) in [6, 6.07) is 11.1. The molecule has 0 aliphatic rings. The molecule has 5 nitrogen and oxygen atoms in total. The minimum absolute atomic E-state index is 0.154. The number of halogens is 3. The molecular formula is C22H25Cl3N2O3. The Kier molecular flexibility index (Phi) is 9.76. The number of nitrogens with zero attached hydrogens (tertiary/aromatic N) is 1. The van der Waals surface area contributed by atoms with Gasteiger partial charge >= 0.3 is 0 Å². The zero-order chi connectivity index (χ0) is 22.1. The van der Waals surface area contributed by atoms with Crippen molar-refractivity contribution in [3.05, 3.63) is 63.1 Å². The number of carbonyl (C=O) groups excluding carboxylic acids is 2. The lowest BCUT2D eigenvalue weighted by atomic mass is 10.1. The van der Waals surface area contributed by atoms with Crippen LogP contribution >= 0.6 is 34.8 Å². The van der Waals surface area contributed by atoms with E-state index < -0.39 is 6.04 Å². The Labute approximate surface area is 192 Å². The summed E-state index contributed by atoms with van der Waals surface area (Å²) in [4.78, 5) is 27.0. The second-order valence-corrected chi connectivity index (χ2v) is 8.10. The van der Waals surface area contributed by atoms with Crippen LogP contribution in [0.25, 0.3) is 0 Å². The fraction of sp³-hybridized carbons (Fsp3) is 0.364. The quantitative estimate of drug-likeness (QED) is 0.475. The number of rotatable bonds is 10. The van der Waals surface area contributed by atoms with Gasteiger partial charge in [-0.3, -0.25) is 9.59 Å². The van der Waals surface area contributed by atoms with Gasteiger partial charge in [0, 0.05) is 28.2 Å². The van der Waals surface area contributed by atoms with Crippen molar-refractivity contribution < 1.29 is 14.3 Å². The molecule has 2 amide bonds. The molecule has 0 aromatic heterocycles. The first-order valence-electron chi connectivity index (χ1n) is 9.71. The summed E-state index contributed by atoms with van der Waals surface area (Å²) in [6.45, 7) is 4.22. The van der Waals surface area contributed by atoms with Crippen molar-refractivity contribution in [2.75, 3.05) is 13.2 Å². The molecule has 1 atom stereocenters. The number of hydrogen-bond acceptors (Lipinski definition) is 3. The van der Waals surface area contributed by atoms with Crippen molar-refractivity contribution in [1.29, 1.82) is 0 Å². The van der Waals surface area contributed by atoms with Crippen LogP contribution in [-0.2, 0) is 16.1 Å². The summed E-state index contributed by atoms with van der Waals surface area (Å²) in [5.74, 6) is -0.0558. The maximum Gasteiger partial charge on any atom is 0.261 e. The van der Waals surface area contributed by atoms with Crippen LogP contribution in [0.3, 0.4) is 0 Å². The first kappa shape index (κ1) is 24.3. The van der Waals surface area contributed by atoms with E-state index >= 15 is 0 Å². The fourth-order valence-corrected chi connectivity index (χ4v) is 3.31. The number of nitrogens with one attached hydrogen (secondary N) is 1. The number of amides is 2. The monoisotopic (exact) mass is 470 g/mol. The summed E-state index contributed by atoms with van der Waals surface area (Å²) in [6.07, 6.45) is 1.84. The lowest BCUT2D eigenvalue weighted by Crippen LogP contribution is -2.49. The van der Waals surface area contributed by atoms with Gasteiger partial charge in [-0.1, -0.05) is 54.2 Å². The highest BCUT2D eigenvalue weighted by atomic mass is 35.5. The van der Waals surface area contributed by atoms with Gasteiger partial charge in [-0.25, -0.2) is 0 Å². The number of benzene rings is 2. The molecule has 0 aliphatic heterocycles. The summed E-state index contributed by atoms with van der Waals surface area (Å²) >= 11 is 18.1. The topological polar surface area (TPSA) is 58.6 Å². The van der Waals surface area contributed by atoms with Crippen LogP contribution in [0.1, 0.15) is 32.3 Å². The van der Waals surface area contributed by atoms with E-state index in [4.69, 9.17) is 39.5 Å². The van der Waals surface area contributed by atoms with E-state index in [0.29, 0.717) is 32.9 Å². The summed E-state index contributed by atoms with van der Waals surface area (Å²) < 4.78 is 5.58. The van der Waals surface area contributed by atoms with Gasteiger partial charge in [0.05, 0.1) is 0 Å². The Balaban J connectivity index is 2.14. The second-order valence-electron chi connectivity index (χ2n) is 6.82. The van der Waals surface area contributed by atoms with Crippen molar-refractivity contribution >= 4 is 46.6 Å². The maximum atomic E-state index is 13.0. The van der Waals surface area contributed by atoms with E-state index in [1.807, 2.05) is 6.92 Å². The molecule has 1 unspecified atom stereocenters. The molecule has 0 heterocycles. The van der Waals surface area contributed by atoms with Crippen molar-refractivity contribution in [3.63, 3.8) is 0 Å². The highest BCUT2D eigenvalue weighted by molar-refractivity contribution is 6.35. The third kappa shape index (κ3) is 7.38. The van der Waals surface area contributed by atoms with Crippen LogP contribution in [0.5, 0.6) is 5.75 Å². The van der Waals surface area contributed by atoms with E-state index in [1.54, 1.807) is 49.4 Å². The van der Waals surface area contributed by atoms with E-state index in [1.165, 1.54) is 4.90 Å². The SMILES string of the molecule is CCCCNC(=O)C(C)N(Cc1ccc(Cl)cc1Cl)C(=O)COc1ccc(Cl)cc1. The van der Waals surface area contributed by atoms with Crippen molar-refractivity contribution in [2.24, 2.45) is 0 Å². The molecule has 30 heavy (non-hydrogen) atoms. The van der Waals surface area contributed by atoms with E-state index in [2.05, 4.69) is 5.32 Å². The Hall–Kier alpha value is -1.95. The Morgan fingerprint density at radius 3 is 2.37 bits per heavy atom. The number of ether oxygens (including phenoxy) is 1. The second kappa shape index (κ2) is 12.0. The number of carbonyl (C=O) groups is 2. The Bertz CT molecular complexity index is 859. The first-order chi connectivity index (χ1) is 14.3. The molecule has 2 aromatic carbocycles. The van der Waals surface area contributed by atoms with Gasteiger partial charge in [0.15, 0.2) is 6.61 Å². The molecule has 0 saturated carbocycles. The largest absolute Gasteiger partial charge is 0.484 e. The van der Waals surface area contributed by atoms with Crippen LogP contribution in [0.15, 0.2) is 42.5 Å². The molecule has 2 rings (SSSR count). The predicted molar refractivity (Wildman–Crippen MR) is 121 cm³/mol. The van der Waals surface area contributed by atoms with Crippen LogP contribution in [0.2, 0.25) is 15.1 Å². The van der Waals surface area contributed by atoms with E-state index in [9.17, 15) is 9.59 Å². The first-order valence-corrected chi connectivity index (χ1v) is 10.8. The van der Waals surface area contributed by atoms with Crippen LogP contribution in [-0.4, -0.2) is 35.9 Å². The molecule has 1 N–H and O–H groups in total. The standard InChI is InChI=1S/C22H25Cl3N2O3/c1-3-4-11-26-22(29)15(2)27(13-16-5-6-18(24)12-20(16)25)21(28)14-30-19-9-7-17(23)8-10-19/h5-10,12,15H,3-4,11,13-14H2,1-2H3,(H,26,29). The molecule has 162 valence electrons. The third-order valence-corrected chi connectivity index (χ3v) is 5.37. The van der Waals surface area contributed by atoms with Gasteiger partial charge < -0.3 is 15.0 Å². The molecule has 8 heteroatoms. The van der Waals surface area contributed by atoms with Gasteiger partial charge in [0.1, 0.15) is 11.8 Å². The fourth-order valence-electron chi connectivity index (χ4n) is 2.71. The lowest BCUT2D eigenvalue weighted by molar-refractivity contribution is -0.142. The van der Waals surface area contributed by atoms with Crippen molar-refractivity contribution in [1.82, 2.24) is 10.2 Å². The van der Waals surface area contributed by atoms with E-state index in [-0.39, 0.29) is 25.0 Å². The third-order valence-electron chi connectivity index (χ3n) is 4.53. The summed E-state index contributed by atoms with van der Waals surface area (Å²) in [5, 5.41) is 4.37. The molecule has 0 bridgehead atoms. The smallest absolute Gasteiger partial charge is 0.261 e. The zero-order valence-electron chi connectivity index (χ0n) is 17.0. The molecule has 0 spiro atoms. The van der Waals surface area contributed by atoms with Crippen LogP contribution < -0.4 is 10.1 Å². The van der Waals surface area contributed by atoms with Crippen LogP contribution in [0, 0.1) is 0 Å². The zero-order valence-corrected chi connectivity index (χ0v) is 19.2. The maximum absolute atomic E-state index is 13.0. The van der Waals surface area contributed by atoms with Gasteiger partial charge in [0.2, 0.25) is 5.91 Å². The average molecular weight is 472 g/mol. The molecule has 0 saturated heterocycles. The predicted octanol–water partition coefficient (Wildman–Crippen LogP) is 5.36. The lowest BCUT2D eigenvalue weighted by Gasteiger charge is -2.29. The molecule has 0 fully saturated rings. The summed E-state index contributed by atoms with van der Waals surface area (Å²) in [5.41, 5.74) is 0.689. The Morgan fingerprint density at radius 2 is 1.73 bits per heavy atom. The summed E-state index contributed by atoms with van der Waals surface area (Å²) in [7, 11) is 0. The van der Waals surface area contributed by atoms with Gasteiger partial charge in [-0.05, 0) is 55.3 Å². The minimum atomic E-state index is -0.699. The Morgan fingerprint density at radius 1 is 1.07 bits per heavy atom. The molecule has 0 radical (unpaired) electrons. The highest BCUT2D eigenvalue weighted by Gasteiger charge is 2.27. The highest BCUT2D eigenvalue weighted by Crippen LogP contribution is 2.23. The number of hydrogen-bond donors (Lipinski definition) is 1. The number of unbranched alkanes of at least 4 members (excludes halogenated alkanes) is 1. The normalized spacial score (nSPS) is 11.6. The average Bonchev–Trinajstić information content (AvgIpc) is 2.72. The van der Waals surface area contributed by atoms with Crippen molar-refractivity contribution in [3.8, 4) is 5.75 Å². The molecular weight excluding hydrogens is 447 g/mol. The van der Waals surface area contributed by atoms with Crippen molar-refractivity contribution in [2.45, 2.75) is 39.3 Å². The van der Waals surface area contributed by atoms with Gasteiger partial charge in [-0.15, -0.1) is 0 Å². The molecule has 0 aliphatic carbocycles.